The zero-order valence-corrected chi connectivity index (χ0v) is 8.38. The van der Waals surface area contributed by atoms with Gasteiger partial charge in [-0.2, -0.15) is 0 Å². The van der Waals surface area contributed by atoms with E-state index < -0.39 is 36.9 Å². The van der Waals surface area contributed by atoms with Crippen molar-refractivity contribution in [3.05, 3.63) is 12.7 Å². The van der Waals surface area contributed by atoms with Crippen LogP contribution < -0.4 is 0 Å². The van der Waals surface area contributed by atoms with E-state index in [0.29, 0.717) is 4.90 Å². The molecule has 0 aliphatic carbocycles. The monoisotopic (exact) mass is 233 g/mol. The Balaban J connectivity index is 2.84. The number of amides is 1. The zero-order valence-electron chi connectivity index (χ0n) is 8.38. The molecule has 0 bridgehead atoms. The van der Waals surface area contributed by atoms with E-state index in [1.165, 1.54) is 6.08 Å². The van der Waals surface area contributed by atoms with Crippen LogP contribution in [0.1, 0.15) is 0 Å². The number of carbonyl (C=O) groups is 2. The minimum atomic E-state index is -1.64. The van der Waals surface area contributed by atoms with Crippen LogP contribution >= 0.6 is 0 Å². The normalized spacial score (nSPS) is 29.1. The number of ether oxygens (including phenoxy) is 1. The van der Waals surface area contributed by atoms with E-state index in [2.05, 4.69) is 6.58 Å². The molecule has 0 saturated carbocycles. The molecule has 90 valence electrons. The van der Waals surface area contributed by atoms with Crippen molar-refractivity contribution in [1.82, 2.24) is 4.90 Å². The van der Waals surface area contributed by atoms with Gasteiger partial charge in [0.05, 0.1) is 13.2 Å². The van der Waals surface area contributed by atoms with Crippen molar-refractivity contribution in [2.45, 2.75) is 18.3 Å². The molecule has 3 atom stereocenters. The number of carboxylic acids is 1. The predicted molar refractivity (Wildman–Crippen MR) is 51.0 cm³/mol. The lowest BCUT2D eigenvalue weighted by Crippen LogP contribution is -2.45. The van der Waals surface area contributed by atoms with Gasteiger partial charge >= 0.3 is 12.1 Å². The molecule has 1 aliphatic rings. The molecule has 7 heteroatoms. The molecule has 2 N–H and O–H groups in total. The molecule has 1 fully saturated rings. The van der Waals surface area contributed by atoms with Crippen LogP contribution in [0.2, 0.25) is 0 Å². The minimum Gasteiger partial charge on any atom is -0.480 e. The van der Waals surface area contributed by atoms with Crippen LogP contribution in [0.15, 0.2) is 12.7 Å². The van der Waals surface area contributed by atoms with E-state index in [4.69, 9.17) is 14.9 Å². The van der Waals surface area contributed by atoms with Crippen LogP contribution in [0.3, 0.4) is 0 Å². The average molecular weight is 233 g/mol. The second kappa shape index (κ2) is 4.93. The molecular weight excluding hydrogens is 221 g/mol. The predicted octanol–water partition coefficient (Wildman–Crippen LogP) is 0.342. The number of aliphatic carboxylic acids is 1. The van der Waals surface area contributed by atoms with Gasteiger partial charge in [-0.25, -0.2) is 14.0 Å². The fourth-order valence-corrected chi connectivity index (χ4v) is 1.63. The summed E-state index contributed by atoms with van der Waals surface area (Å²) in [6, 6.07) is -1.51. The maximum Gasteiger partial charge on any atom is 0.408 e. The van der Waals surface area contributed by atoms with Gasteiger partial charge in [0.25, 0.3) is 0 Å². The number of halogens is 1. The number of alkyl halides is 1. The summed E-state index contributed by atoms with van der Waals surface area (Å²) >= 11 is 0. The van der Waals surface area contributed by atoms with E-state index in [-0.39, 0.29) is 6.61 Å². The largest absolute Gasteiger partial charge is 0.480 e. The highest BCUT2D eigenvalue weighted by molar-refractivity contribution is 5.81. The van der Waals surface area contributed by atoms with Gasteiger partial charge in [0, 0.05) is 0 Å². The van der Waals surface area contributed by atoms with E-state index in [9.17, 15) is 14.0 Å². The van der Waals surface area contributed by atoms with Crippen LogP contribution in [-0.4, -0.2) is 58.6 Å². The highest BCUT2D eigenvalue weighted by atomic mass is 19.1. The molecule has 0 aromatic carbocycles. The molecule has 6 nitrogen and oxygen atoms in total. The number of hydrogen-bond donors (Lipinski definition) is 2. The van der Waals surface area contributed by atoms with Crippen molar-refractivity contribution in [1.29, 1.82) is 0 Å². The SMILES string of the molecule is C=CCOC1C(F)CN(C(=O)O)C1C(=O)O. The first-order valence-electron chi connectivity index (χ1n) is 4.58. The van der Waals surface area contributed by atoms with Gasteiger partial charge in [0.2, 0.25) is 0 Å². The van der Waals surface area contributed by atoms with E-state index >= 15 is 0 Å². The Bertz CT molecular complexity index is 308. The highest BCUT2D eigenvalue weighted by Crippen LogP contribution is 2.24. The van der Waals surface area contributed by atoms with E-state index in [1.807, 2.05) is 0 Å². The lowest BCUT2D eigenvalue weighted by Gasteiger charge is -2.21. The molecule has 0 aromatic rings. The van der Waals surface area contributed by atoms with E-state index in [0.717, 1.165) is 0 Å². The topological polar surface area (TPSA) is 87.1 Å². The van der Waals surface area contributed by atoms with Gasteiger partial charge < -0.3 is 14.9 Å². The first-order chi connectivity index (χ1) is 7.49. The summed E-state index contributed by atoms with van der Waals surface area (Å²) in [6.45, 7) is 2.83. The van der Waals surface area contributed by atoms with Gasteiger partial charge in [0.1, 0.15) is 12.3 Å². The molecule has 1 rings (SSSR count). The first-order valence-corrected chi connectivity index (χ1v) is 4.58. The molecule has 1 saturated heterocycles. The fraction of sp³-hybridized carbons (Fsp3) is 0.556. The molecular formula is C9H12FNO5. The van der Waals surface area contributed by atoms with Crippen molar-refractivity contribution in [3.8, 4) is 0 Å². The fourth-order valence-electron chi connectivity index (χ4n) is 1.63. The summed E-state index contributed by atoms with van der Waals surface area (Å²) < 4.78 is 18.3. The summed E-state index contributed by atoms with van der Waals surface area (Å²) in [7, 11) is 0. The summed E-state index contributed by atoms with van der Waals surface area (Å²) in [5.74, 6) is -1.42. The third-order valence-corrected chi connectivity index (χ3v) is 2.28. The summed E-state index contributed by atoms with van der Waals surface area (Å²) in [4.78, 5) is 22.1. The van der Waals surface area contributed by atoms with Crippen molar-refractivity contribution >= 4 is 12.1 Å². The Morgan fingerprint density at radius 2 is 2.19 bits per heavy atom. The Kier molecular flexibility index (Phi) is 3.83. The van der Waals surface area contributed by atoms with E-state index in [1.54, 1.807) is 0 Å². The number of likely N-dealkylation sites (tertiary alicyclic amines) is 1. The summed E-state index contributed by atoms with van der Waals surface area (Å²) in [5, 5.41) is 17.6. The second-order valence-electron chi connectivity index (χ2n) is 3.32. The molecule has 1 aliphatic heterocycles. The second-order valence-corrected chi connectivity index (χ2v) is 3.32. The third kappa shape index (κ3) is 2.30. The average Bonchev–Trinajstić information content (AvgIpc) is 2.52. The number of nitrogens with zero attached hydrogens (tertiary/aromatic N) is 1. The van der Waals surface area contributed by atoms with Gasteiger partial charge in [-0.3, -0.25) is 4.90 Å². The van der Waals surface area contributed by atoms with Crippen molar-refractivity contribution < 1.29 is 28.9 Å². The third-order valence-electron chi connectivity index (χ3n) is 2.28. The number of rotatable bonds is 4. The molecule has 0 aromatic heterocycles. The zero-order chi connectivity index (χ0) is 12.3. The lowest BCUT2D eigenvalue weighted by atomic mass is 10.1. The maximum atomic E-state index is 13.4. The molecule has 0 radical (unpaired) electrons. The maximum absolute atomic E-state index is 13.4. The minimum absolute atomic E-state index is 0.0255. The van der Waals surface area contributed by atoms with Gasteiger partial charge in [-0.15, -0.1) is 6.58 Å². The molecule has 1 amide bonds. The molecule has 1 heterocycles. The molecule has 0 spiro atoms. The highest BCUT2D eigenvalue weighted by Gasteiger charge is 2.49. The van der Waals surface area contributed by atoms with Crippen LogP contribution in [0.5, 0.6) is 0 Å². The van der Waals surface area contributed by atoms with Crippen LogP contribution in [0, 0.1) is 0 Å². The first kappa shape index (κ1) is 12.4. The number of carboxylic acid groups (broad SMARTS) is 2. The Hall–Kier alpha value is -1.63. The van der Waals surface area contributed by atoms with Crippen molar-refractivity contribution in [3.63, 3.8) is 0 Å². The van der Waals surface area contributed by atoms with Gasteiger partial charge in [-0.1, -0.05) is 6.08 Å². The quantitative estimate of drug-likeness (QED) is 0.684. The standard InChI is InChI=1S/C9H12FNO5/c1-2-3-16-7-5(10)4-11(9(14)15)6(7)8(12)13/h2,5-7H,1,3-4H2,(H,12,13)(H,14,15). The lowest BCUT2D eigenvalue weighted by molar-refractivity contribution is -0.146. The Morgan fingerprint density at radius 3 is 2.62 bits per heavy atom. The smallest absolute Gasteiger partial charge is 0.408 e. The van der Waals surface area contributed by atoms with Crippen LogP contribution in [-0.2, 0) is 9.53 Å². The summed E-state index contributed by atoms with van der Waals surface area (Å²) in [6.07, 6.45) is -3.06. The van der Waals surface area contributed by atoms with Crippen LogP contribution in [0.4, 0.5) is 9.18 Å². The summed E-state index contributed by atoms with van der Waals surface area (Å²) in [5.41, 5.74) is 0. The van der Waals surface area contributed by atoms with Crippen molar-refractivity contribution in [2.24, 2.45) is 0 Å². The van der Waals surface area contributed by atoms with Crippen molar-refractivity contribution in [2.75, 3.05) is 13.2 Å². The van der Waals surface area contributed by atoms with Gasteiger partial charge in [0.15, 0.2) is 6.04 Å². The number of hydrogen-bond acceptors (Lipinski definition) is 3. The molecule has 3 unspecified atom stereocenters. The van der Waals surface area contributed by atoms with Gasteiger partial charge in [-0.05, 0) is 0 Å². The van der Waals surface area contributed by atoms with Crippen LogP contribution in [0.25, 0.3) is 0 Å². The Morgan fingerprint density at radius 1 is 1.56 bits per heavy atom. The Labute approximate surface area is 90.9 Å². The molecule has 16 heavy (non-hydrogen) atoms.